The van der Waals surface area contributed by atoms with E-state index in [0.29, 0.717) is 17.1 Å². The van der Waals surface area contributed by atoms with Crippen LogP contribution < -0.4 is 16.7 Å². The Morgan fingerprint density at radius 1 is 1.08 bits per heavy atom. The van der Waals surface area contributed by atoms with Gasteiger partial charge in [0.05, 0.1) is 6.21 Å². The van der Waals surface area contributed by atoms with Gasteiger partial charge in [-0.3, -0.25) is 13.9 Å². The van der Waals surface area contributed by atoms with Crippen molar-refractivity contribution in [2.75, 3.05) is 5.43 Å². The molecule has 0 aliphatic rings. The smallest absolute Gasteiger partial charge is 0.306 e. The maximum atomic E-state index is 12.3. The Bertz CT molecular complexity index is 1060. The summed E-state index contributed by atoms with van der Waals surface area (Å²) in [6.45, 7) is 0. The Labute approximate surface area is 145 Å². The van der Waals surface area contributed by atoms with Crippen molar-refractivity contribution in [2.45, 2.75) is 0 Å². The number of nitrogens with zero attached hydrogens (tertiary/aromatic N) is 5. The zero-order valence-electron chi connectivity index (χ0n) is 13.3. The molecule has 0 fully saturated rings. The van der Waals surface area contributed by atoms with E-state index in [4.69, 9.17) is 0 Å². The fourth-order valence-electron chi connectivity index (χ4n) is 2.33. The molecule has 3 rings (SSSR count). The number of halogens is 1. The van der Waals surface area contributed by atoms with Gasteiger partial charge in [-0.15, -0.1) is 0 Å². The number of anilines is 1. The summed E-state index contributed by atoms with van der Waals surface area (Å²) in [7, 11) is 4.71. The summed E-state index contributed by atoms with van der Waals surface area (Å²) in [5.41, 5.74) is 3.54. The SMILES string of the molecule is Cn1c(=O)c2c(nc(N/N=C/c3ccc(Br)cc3)n2C)n(C)c1=O. The van der Waals surface area contributed by atoms with Gasteiger partial charge in [0.1, 0.15) is 0 Å². The van der Waals surface area contributed by atoms with Crippen molar-refractivity contribution in [2.24, 2.45) is 26.2 Å². The fraction of sp³-hybridized carbons (Fsp3) is 0.200. The zero-order valence-corrected chi connectivity index (χ0v) is 14.9. The lowest BCUT2D eigenvalue weighted by molar-refractivity contribution is 0.705. The molecule has 0 spiro atoms. The van der Waals surface area contributed by atoms with Gasteiger partial charge in [0.2, 0.25) is 5.95 Å². The van der Waals surface area contributed by atoms with E-state index in [2.05, 4.69) is 31.4 Å². The van der Waals surface area contributed by atoms with Gasteiger partial charge in [-0.25, -0.2) is 10.2 Å². The highest BCUT2D eigenvalue weighted by Crippen LogP contribution is 2.13. The minimum atomic E-state index is -0.421. The third-order valence-electron chi connectivity index (χ3n) is 3.72. The third-order valence-corrected chi connectivity index (χ3v) is 4.25. The molecule has 9 heteroatoms. The average molecular weight is 391 g/mol. The lowest BCUT2D eigenvalue weighted by Crippen LogP contribution is -2.37. The molecule has 24 heavy (non-hydrogen) atoms. The van der Waals surface area contributed by atoms with E-state index in [1.807, 2.05) is 24.3 Å². The molecule has 0 aliphatic carbocycles. The van der Waals surface area contributed by atoms with Gasteiger partial charge in [-0.1, -0.05) is 28.1 Å². The van der Waals surface area contributed by atoms with E-state index in [-0.39, 0.29) is 0 Å². The van der Waals surface area contributed by atoms with Crippen LogP contribution in [0.25, 0.3) is 11.2 Å². The molecule has 1 N–H and O–H groups in total. The number of aromatic nitrogens is 4. The van der Waals surface area contributed by atoms with Gasteiger partial charge < -0.3 is 4.57 Å². The van der Waals surface area contributed by atoms with Crippen molar-refractivity contribution in [1.82, 2.24) is 18.7 Å². The van der Waals surface area contributed by atoms with Crippen LogP contribution in [0.15, 0.2) is 43.4 Å². The molecule has 0 aliphatic heterocycles. The molecule has 8 nitrogen and oxygen atoms in total. The first kappa shape index (κ1) is 16.2. The number of imidazole rings is 1. The summed E-state index contributed by atoms with van der Waals surface area (Å²) >= 11 is 3.37. The predicted molar refractivity (Wildman–Crippen MR) is 96.6 cm³/mol. The minimum Gasteiger partial charge on any atom is -0.306 e. The van der Waals surface area contributed by atoms with Crippen LogP contribution in [0.5, 0.6) is 0 Å². The van der Waals surface area contributed by atoms with E-state index in [9.17, 15) is 9.59 Å². The number of fused-ring (bicyclic) bond motifs is 1. The quantitative estimate of drug-likeness (QED) is 0.537. The van der Waals surface area contributed by atoms with Crippen LogP contribution in [0.2, 0.25) is 0 Å². The average Bonchev–Trinajstić information content (AvgIpc) is 2.90. The Morgan fingerprint density at radius 2 is 1.75 bits per heavy atom. The van der Waals surface area contributed by atoms with Gasteiger partial charge in [0.25, 0.3) is 5.56 Å². The molecule has 0 atom stereocenters. The predicted octanol–water partition coefficient (Wildman–Crippen LogP) is 1.18. The van der Waals surface area contributed by atoms with Crippen LogP contribution in [0.3, 0.4) is 0 Å². The van der Waals surface area contributed by atoms with E-state index in [0.717, 1.165) is 14.6 Å². The Morgan fingerprint density at radius 3 is 2.42 bits per heavy atom. The summed E-state index contributed by atoms with van der Waals surface area (Å²) in [6, 6.07) is 7.64. The van der Waals surface area contributed by atoms with E-state index in [1.54, 1.807) is 24.9 Å². The van der Waals surface area contributed by atoms with Crippen molar-refractivity contribution in [3.8, 4) is 0 Å². The van der Waals surface area contributed by atoms with Crippen LogP contribution >= 0.6 is 15.9 Å². The molecule has 0 saturated carbocycles. The molecule has 0 unspecified atom stereocenters. The van der Waals surface area contributed by atoms with Gasteiger partial charge in [0, 0.05) is 25.6 Å². The van der Waals surface area contributed by atoms with Crippen LogP contribution in [0.1, 0.15) is 5.56 Å². The second-order valence-electron chi connectivity index (χ2n) is 5.29. The maximum absolute atomic E-state index is 12.3. The third kappa shape index (κ3) is 2.67. The standard InChI is InChI=1S/C15H15BrN6O2/c1-20-11-12(21(2)15(24)22(3)13(11)23)18-14(20)19-17-8-9-4-6-10(16)7-5-9/h4-8H,1-3H3,(H,18,19)/b17-8+. The van der Waals surface area contributed by atoms with Gasteiger partial charge in [-0.05, 0) is 17.7 Å². The summed E-state index contributed by atoms with van der Waals surface area (Å²) < 4.78 is 4.95. The van der Waals surface area contributed by atoms with Gasteiger partial charge in [0.15, 0.2) is 11.2 Å². The first-order valence-electron chi connectivity index (χ1n) is 7.07. The number of hydrogen-bond acceptors (Lipinski definition) is 5. The van der Waals surface area contributed by atoms with Crippen molar-refractivity contribution in [3.05, 3.63) is 55.1 Å². The van der Waals surface area contributed by atoms with Crippen molar-refractivity contribution >= 4 is 39.3 Å². The topological polar surface area (TPSA) is 86.2 Å². The Balaban J connectivity index is 1.99. The molecule has 1 aromatic carbocycles. The molecule has 124 valence electrons. The first-order valence-corrected chi connectivity index (χ1v) is 7.86. The monoisotopic (exact) mass is 390 g/mol. The molecule has 0 amide bonds. The highest BCUT2D eigenvalue weighted by atomic mass is 79.9. The Hall–Kier alpha value is -2.68. The molecule has 0 bridgehead atoms. The van der Waals surface area contributed by atoms with E-state index >= 15 is 0 Å². The van der Waals surface area contributed by atoms with Gasteiger partial charge in [-0.2, -0.15) is 10.1 Å². The van der Waals surface area contributed by atoms with Crippen molar-refractivity contribution in [1.29, 1.82) is 0 Å². The maximum Gasteiger partial charge on any atom is 0.332 e. The summed E-state index contributed by atoms with van der Waals surface area (Å²) in [5, 5.41) is 4.13. The highest BCUT2D eigenvalue weighted by molar-refractivity contribution is 9.10. The number of benzene rings is 1. The number of nitrogens with one attached hydrogen (secondary N) is 1. The van der Waals surface area contributed by atoms with Crippen molar-refractivity contribution < 1.29 is 0 Å². The van der Waals surface area contributed by atoms with E-state index < -0.39 is 11.2 Å². The molecule has 2 heterocycles. The minimum absolute atomic E-state index is 0.312. The Kier molecular flexibility index (Phi) is 4.10. The molecule has 0 radical (unpaired) electrons. The van der Waals surface area contributed by atoms with Gasteiger partial charge >= 0.3 is 5.69 Å². The lowest BCUT2D eigenvalue weighted by Gasteiger charge is -2.03. The second kappa shape index (κ2) is 6.08. The lowest BCUT2D eigenvalue weighted by atomic mass is 10.2. The van der Waals surface area contributed by atoms with Crippen molar-refractivity contribution in [3.63, 3.8) is 0 Å². The molecular formula is C15H15BrN6O2. The highest BCUT2D eigenvalue weighted by Gasteiger charge is 2.16. The number of rotatable bonds is 3. The summed E-state index contributed by atoms with van der Waals surface area (Å²) in [6.07, 6.45) is 1.64. The molecular weight excluding hydrogens is 376 g/mol. The van der Waals surface area contributed by atoms with Crippen LogP contribution in [-0.2, 0) is 21.1 Å². The number of hydrogen-bond donors (Lipinski definition) is 1. The number of hydrazone groups is 1. The zero-order chi connectivity index (χ0) is 17.4. The molecule has 2 aromatic heterocycles. The first-order chi connectivity index (χ1) is 11.4. The van der Waals surface area contributed by atoms with Crippen LogP contribution in [-0.4, -0.2) is 24.9 Å². The normalized spacial score (nSPS) is 11.5. The summed E-state index contributed by atoms with van der Waals surface area (Å²) in [5.74, 6) is 0.372. The van der Waals surface area contributed by atoms with Crippen LogP contribution in [0.4, 0.5) is 5.95 Å². The van der Waals surface area contributed by atoms with Crippen LogP contribution in [0, 0.1) is 0 Å². The largest absolute Gasteiger partial charge is 0.332 e. The fourth-order valence-corrected chi connectivity index (χ4v) is 2.60. The molecule has 3 aromatic rings. The second-order valence-corrected chi connectivity index (χ2v) is 6.21. The summed E-state index contributed by atoms with van der Waals surface area (Å²) in [4.78, 5) is 28.6. The molecule has 0 saturated heterocycles. The number of aryl methyl sites for hydroxylation is 2. The van der Waals surface area contributed by atoms with E-state index in [1.165, 1.54) is 11.6 Å².